The maximum absolute atomic E-state index is 12.5. The summed E-state index contributed by atoms with van der Waals surface area (Å²) in [6.45, 7) is 1.76. The summed E-state index contributed by atoms with van der Waals surface area (Å²) in [6.07, 6.45) is 3.90. The maximum Gasteiger partial charge on any atom is 0.273 e. The third-order valence-corrected chi connectivity index (χ3v) is 4.83. The van der Waals surface area contributed by atoms with E-state index in [-0.39, 0.29) is 12.0 Å². The maximum atomic E-state index is 12.5. The van der Waals surface area contributed by atoms with Crippen LogP contribution in [0.4, 0.5) is 0 Å². The van der Waals surface area contributed by atoms with E-state index < -0.39 is 0 Å². The van der Waals surface area contributed by atoms with E-state index in [0.717, 1.165) is 41.5 Å². The molecule has 7 nitrogen and oxygen atoms in total. The van der Waals surface area contributed by atoms with Gasteiger partial charge in [-0.3, -0.25) is 4.79 Å². The third-order valence-electron chi connectivity index (χ3n) is 4.83. The number of nitrogens with one attached hydrogen (secondary N) is 1. The highest BCUT2D eigenvalue weighted by Gasteiger charge is 2.18. The minimum atomic E-state index is -0.261. The largest absolute Gasteiger partial charge is 0.496 e. The minimum absolute atomic E-state index is 0.155. The molecule has 0 bridgehead atoms. The Morgan fingerprint density at radius 1 is 1.33 bits per heavy atom. The van der Waals surface area contributed by atoms with Crippen molar-refractivity contribution in [1.82, 2.24) is 20.3 Å². The van der Waals surface area contributed by atoms with Gasteiger partial charge in [0.05, 0.1) is 26.0 Å². The molecule has 0 spiro atoms. The Morgan fingerprint density at radius 3 is 3.04 bits per heavy atom. The number of hydrogen-bond donors (Lipinski definition) is 1. The number of aromatic nitrogens is 3. The van der Waals surface area contributed by atoms with Crippen LogP contribution in [-0.2, 0) is 17.8 Å². The van der Waals surface area contributed by atoms with Gasteiger partial charge in [0, 0.05) is 18.7 Å². The first-order chi connectivity index (χ1) is 13.2. The van der Waals surface area contributed by atoms with E-state index in [1.165, 1.54) is 0 Å². The molecule has 27 heavy (non-hydrogen) atoms. The number of methoxy groups -OCH3 is 1. The molecular weight excluding hydrogens is 344 g/mol. The predicted octanol–water partition coefficient (Wildman–Crippen LogP) is 2.55. The van der Waals surface area contributed by atoms with Crippen molar-refractivity contribution in [2.24, 2.45) is 0 Å². The molecule has 1 aliphatic heterocycles. The molecular formula is C20H22N4O3. The summed E-state index contributed by atoms with van der Waals surface area (Å²) in [7, 11) is 1.63. The van der Waals surface area contributed by atoms with Crippen molar-refractivity contribution >= 4 is 16.7 Å². The van der Waals surface area contributed by atoms with E-state index >= 15 is 0 Å². The zero-order valence-electron chi connectivity index (χ0n) is 15.2. The summed E-state index contributed by atoms with van der Waals surface area (Å²) in [6, 6.07) is 12.0. The number of hydrogen-bond acceptors (Lipinski definition) is 5. The number of ether oxygens (including phenoxy) is 2. The zero-order chi connectivity index (χ0) is 18.6. The minimum Gasteiger partial charge on any atom is -0.496 e. The highest BCUT2D eigenvalue weighted by atomic mass is 16.5. The molecule has 4 rings (SSSR count). The molecule has 1 aliphatic rings. The van der Waals surface area contributed by atoms with Crippen LogP contribution in [-0.4, -0.2) is 40.7 Å². The molecule has 0 unspecified atom stereocenters. The molecule has 7 heteroatoms. The van der Waals surface area contributed by atoms with Crippen molar-refractivity contribution in [1.29, 1.82) is 0 Å². The van der Waals surface area contributed by atoms with Crippen LogP contribution in [0.25, 0.3) is 10.8 Å². The summed E-state index contributed by atoms with van der Waals surface area (Å²) < 4.78 is 12.7. The van der Waals surface area contributed by atoms with Crippen LogP contribution in [0.5, 0.6) is 5.75 Å². The van der Waals surface area contributed by atoms with Gasteiger partial charge >= 0.3 is 0 Å². The van der Waals surface area contributed by atoms with Crippen LogP contribution >= 0.6 is 0 Å². The Labute approximate surface area is 157 Å². The highest BCUT2D eigenvalue weighted by Crippen LogP contribution is 2.27. The fourth-order valence-corrected chi connectivity index (χ4v) is 3.44. The molecule has 140 valence electrons. The van der Waals surface area contributed by atoms with Crippen molar-refractivity contribution in [2.75, 3.05) is 13.7 Å². The van der Waals surface area contributed by atoms with E-state index in [2.05, 4.69) is 15.6 Å². The van der Waals surface area contributed by atoms with Crippen molar-refractivity contribution in [3.05, 3.63) is 53.9 Å². The molecule has 2 aromatic carbocycles. The van der Waals surface area contributed by atoms with Gasteiger partial charge in [0.25, 0.3) is 5.91 Å². The number of carbonyl (C=O) groups is 1. The zero-order valence-corrected chi connectivity index (χ0v) is 15.2. The number of benzene rings is 2. The third kappa shape index (κ3) is 3.78. The van der Waals surface area contributed by atoms with Crippen LogP contribution in [0, 0.1) is 0 Å². The SMILES string of the molecule is COc1ccc2ccccc2c1CNC(=O)c1cn(C[C@@H]2CCCO2)nn1. The van der Waals surface area contributed by atoms with E-state index in [1.54, 1.807) is 18.0 Å². The first-order valence-corrected chi connectivity index (χ1v) is 9.09. The second kappa shape index (κ2) is 7.75. The normalized spacial score (nSPS) is 16.6. The van der Waals surface area contributed by atoms with Gasteiger partial charge in [-0.2, -0.15) is 0 Å². The van der Waals surface area contributed by atoms with Crippen LogP contribution in [0.2, 0.25) is 0 Å². The van der Waals surface area contributed by atoms with Gasteiger partial charge in [-0.1, -0.05) is 35.5 Å². The van der Waals surface area contributed by atoms with Crippen LogP contribution in [0.15, 0.2) is 42.6 Å². The number of fused-ring (bicyclic) bond motifs is 1. The van der Waals surface area contributed by atoms with Gasteiger partial charge in [0.1, 0.15) is 5.75 Å². The lowest BCUT2D eigenvalue weighted by molar-refractivity contribution is 0.0929. The summed E-state index contributed by atoms with van der Waals surface area (Å²) in [5.41, 5.74) is 1.24. The Kier molecular flexibility index (Phi) is 5.02. The standard InChI is InChI=1S/C20H22N4O3/c1-26-19-9-8-14-5-2-3-7-16(14)17(19)11-21-20(25)18-13-24(23-22-18)12-15-6-4-10-27-15/h2-3,5,7-9,13,15H,4,6,10-12H2,1H3,(H,21,25)/t15-/m0/s1. The van der Waals surface area contributed by atoms with Crippen molar-refractivity contribution in [3.63, 3.8) is 0 Å². The quantitative estimate of drug-likeness (QED) is 0.725. The second-order valence-electron chi connectivity index (χ2n) is 6.61. The fourth-order valence-electron chi connectivity index (χ4n) is 3.44. The van der Waals surface area contributed by atoms with E-state index in [1.807, 2.05) is 36.4 Å². The Morgan fingerprint density at radius 2 is 2.22 bits per heavy atom. The fraction of sp³-hybridized carbons (Fsp3) is 0.350. The van der Waals surface area contributed by atoms with Gasteiger partial charge in [-0.15, -0.1) is 5.10 Å². The summed E-state index contributed by atoms with van der Waals surface area (Å²) in [4.78, 5) is 12.5. The molecule has 1 fully saturated rings. The molecule has 1 saturated heterocycles. The first-order valence-electron chi connectivity index (χ1n) is 9.09. The van der Waals surface area contributed by atoms with Crippen molar-refractivity contribution in [3.8, 4) is 5.75 Å². The monoisotopic (exact) mass is 366 g/mol. The van der Waals surface area contributed by atoms with Gasteiger partial charge in [-0.25, -0.2) is 4.68 Å². The van der Waals surface area contributed by atoms with Crippen molar-refractivity contribution in [2.45, 2.75) is 32.0 Å². The number of rotatable bonds is 6. The van der Waals surface area contributed by atoms with E-state index in [4.69, 9.17) is 9.47 Å². The number of amides is 1. The number of carbonyl (C=O) groups excluding carboxylic acids is 1. The highest BCUT2D eigenvalue weighted by molar-refractivity contribution is 5.93. The molecule has 1 atom stereocenters. The molecule has 0 aliphatic carbocycles. The molecule has 2 heterocycles. The van der Waals surface area contributed by atoms with Gasteiger partial charge < -0.3 is 14.8 Å². The Bertz CT molecular complexity index is 947. The average molecular weight is 366 g/mol. The average Bonchev–Trinajstić information content (AvgIpc) is 3.38. The molecule has 0 radical (unpaired) electrons. The summed E-state index contributed by atoms with van der Waals surface area (Å²) in [5.74, 6) is 0.486. The van der Waals surface area contributed by atoms with Crippen LogP contribution in [0.1, 0.15) is 28.9 Å². The molecule has 1 aromatic heterocycles. The lowest BCUT2D eigenvalue weighted by Gasteiger charge is -2.12. The van der Waals surface area contributed by atoms with Gasteiger partial charge in [0.2, 0.25) is 0 Å². The van der Waals surface area contributed by atoms with Crippen LogP contribution in [0.3, 0.4) is 0 Å². The Hall–Kier alpha value is -2.93. The smallest absolute Gasteiger partial charge is 0.273 e. The van der Waals surface area contributed by atoms with E-state index in [0.29, 0.717) is 18.8 Å². The van der Waals surface area contributed by atoms with Gasteiger partial charge in [0.15, 0.2) is 5.69 Å². The first kappa shape index (κ1) is 17.5. The Balaban J connectivity index is 1.46. The summed E-state index contributed by atoms with van der Waals surface area (Å²) in [5, 5.41) is 13.1. The van der Waals surface area contributed by atoms with Crippen LogP contribution < -0.4 is 10.1 Å². The van der Waals surface area contributed by atoms with Gasteiger partial charge in [-0.05, 0) is 29.7 Å². The summed E-state index contributed by atoms with van der Waals surface area (Å²) >= 11 is 0. The lowest BCUT2D eigenvalue weighted by atomic mass is 10.0. The molecule has 1 N–H and O–H groups in total. The number of nitrogens with zero attached hydrogens (tertiary/aromatic N) is 3. The van der Waals surface area contributed by atoms with E-state index in [9.17, 15) is 4.79 Å². The molecule has 3 aromatic rings. The topological polar surface area (TPSA) is 78.3 Å². The molecule has 0 saturated carbocycles. The second-order valence-corrected chi connectivity index (χ2v) is 6.61. The molecule has 1 amide bonds. The predicted molar refractivity (Wildman–Crippen MR) is 101 cm³/mol. The lowest BCUT2D eigenvalue weighted by Crippen LogP contribution is -2.23. The van der Waals surface area contributed by atoms with Crippen molar-refractivity contribution < 1.29 is 14.3 Å².